The van der Waals surface area contributed by atoms with E-state index >= 15 is 0 Å². The van der Waals surface area contributed by atoms with Crippen molar-refractivity contribution in [1.82, 2.24) is 0 Å². The summed E-state index contributed by atoms with van der Waals surface area (Å²) in [4.78, 5) is 11.1. The quantitative estimate of drug-likeness (QED) is 0.505. The van der Waals surface area contributed by atoms with Gasteiger partial charge in [-0.1, -0.05) is 26.8 Å². The molecule has 3 heteroatoms. The van der Waals surface area contributed by atoms with Gasteiger partial charge in [0.25, 0.3) is 0 Å². The number of carbonyl (C=O) groups is 1. The highest BCUT2D eigenvalue weighted by Gasteiger charge is 2.30. The van der Waals surface area contributed by atoms with E-state index in [0.29, 0.717) is 12.8 Å². The molecule has 0 fully saturated rings. The van der Waals surface area contributed by atoms with E-state index in [1.54, 1.807) is 0 Å². The molecule has 3 nitrogen and oxygen atoms in total. The molecular formula is C11H20O3. The molecule has 1 atom stereocenters. The summed E-state index contributed by atoms with van der Waals surface area (Å²) in [6.07, 6.45) is 4.43. The van der Waals surface area contributed by atoms with Crippen molar-refractivity contribution in [2.45, 2.75) is 45.1 Å². The van der Waals surface area contributed by atoms with Crippen molar-refractivity contribution in [1.29, 1.82) is 0 Å². The minimum atomic E-state index is -0.707. The number of esters is 1. The van der Waals surface area contributed by atoms with Crippen molar-refractivity contribution in [3.05, 3.63) is 12.7 Å². The van der Waals surface area contributed by atoms with Gasteiger partial charge in [-0.25, -0.2) is 4.79 Å². The normalized spacial score (nSPS) is 14.5. The first kappa shape index (κ1) is 13.2. The second-order valence-electron chi connectivity index (χ2n) is 3.42. The van der Waals surface area contributed by atoms with Crippen molar-refractivity contribution >= 4 is 5.97 Å². The van der Waals surface area contributed by atoms with Gasteiger partial charge in [0.1, 0.15) is 5.60 Å². The third-order valence-electron chi connectivity index (χ3n) is 2.40. The summed E-state index contributed by atoms with van der Waals surface area (Å²) in [5, 5.41) is 9.24. The van der Waals surface area contributed by atoms with Gasteiger partial charge < -0.3 is 9.84 Å². The minimum absolute atomic E-state index is 0.122. The first-order valence-electron chi connectivity index (χ1n) is 5.10. The highest BCUT2D eigenvalue weighted by atomic mass is 16.6. The number of rotatable bonds is 7. The second kappa shape index (κ2) is 6.60. The first-order valence-corrected chi connectivity index (χ1v) is 5.10. The Hall–Kier alpha value is -0.830. The van der Waals surface area contributed by atoms with Crippen LogP contribution in [0.1, 0.15) is 39.5 Å². The lowest BCUT2D eigenvalue weighted by atomic mass is 9.94. The van der Waals surface area contributed by atoms with Crippen LogP contribution >= 0.6 is 0 Å². The van der Waals surface area contributed by atoms with Crippen molar-refractivity contribution in [3.8, 4) is 0 Å². The maximum absolute atomic E-state index is 11.1. The molecule has 0 amide bonds. The molecule has 0 aliphatic carbocycles. The molecule has 0 aliphatic heterocycles. The van der Waals surface area contributed by atoms with Crippen molar-refractivity contribution in [2.24, 2.45) is 0 Å². The van der Waals surface area contributed by atoms with Gasteiger partial charge in [-0.05, 0) is 19.3 Å². The minimum Gasteiger partial charge on any atom is -0.453 e. The first-order chi connectivity index (χ1) is 6.64. The highest BCUT2D eigenvalue weighted by molar-refractivity contribution is 5.81. The van der Waals surface area contributed by atoms with E-state index in [-0.39, 0.29) is 6.61 Å². The number of hydrogen-bond acceptors (Lipinski definition) is 3. The van der Waals surface area contributed by atoms with E-state index in [1.807, 2.05) is 6.92 Å². The van der Waals surface area contributed by atoms with E-state index in [0.717, 1.165) is 18.9 Å². The SMILES string of the molecule is C=CC(=O)OC(CC)(CO)CCCC. The lowest BCUT2D eigenvalue weighted by Crippen LogP contribution is -2.38. The Balaban J connectivity index is 4.35. The van der Waals surface area contributed by atoms with Crippen LogP contribution in [0.2, 0.25) is 0 Å². The van der Waals surface area contributed by atoms with Crippen molar-refractivity contribution < 1.29 is 14.6 Å². The molecule has 0 bridgehead atoms. The second-order valence-corrected chi connectivity index (χ2v) is 3.42. The summed E-state index contributed by atoms with van der Waals surface area (Å²) in [5.74, 6) is -0.461. The third kappa shape index (κ3) is 3.92. The summed E-state index contributed by atoms with van der Waals surface area (Å²) < 4.78 is 5.18. The number of aliphatic hydroxyl groups is 1. The molecular weight excluding hydrogens is 180 g/mol. The summed E-state index contributed by atoms with van der Waals surface area (Å²) >= 11 is 0. The van der Waals surface area contributed by atoms with Crippen molar-refractivity contribution in [2.75, 3.05) is 6.61 Å². The maximum Gasteiger partial charge on any atom is 0.330 e. The average Bonchev–Trinajstić information content (AvgIpc) is 2.24. The zero-order valence-corrected chi connectivity index (χ0v) is 9.08. The molecule has 0 aromatic heterocycles. The van der Waals surface area contributed by atoms with Gasteiger partial charge in [-0.2, -0.15) is 0 Å². The summed E-state index contributed by atoms with van der Waals surface area (Å²) in [5.41, 5.74) is -0.707. The third-order valence-corrected chi connectivity index (χ3v) is 2.40. The predicted octanol–water partition coefficient (Wildman–Crippen LogP) is 2.05. The van der Waals surface area contributed by atoms with Crippen LogP contribution in [0, 0.1) is 0 Å². The smallest absolute Gasteiger partial charge is 0.330 e. The van der Waals surface area contributed by atoms with Crippen LogP contribution in [0.3, 0.4) is 0 Å². The van der Waals surface area contributed by atoms with Crippen LogP contribution in [0.4, 0.5) is 0 Å². The summed E-state index contributed by atoms with van der Waals surface area (Å²) in [6.45, 7) is 7.18. The van der Waals surface area contributed by atoms with Gasteiger partial charge >= 0.3 is 5.97 Å². The van der Waals surface area contributed by atoms with Crippen LogP contribution in [0.25, 0.3) is 0 Å². The maximum atomic E-state index is 11.1. The molecule has 82 valence electrons. The zero-order valence-electron chi connectivity index (χ0n) is 9.08. The molecule has 0 spiro atoms. The van der Waals surface area contributed by atoms with Crippen LogP contribution in [0.15, 0.2) is 12.7 Å². The fourth-order valence-electron chi connectivity index (χ4n) is 1.28. The fourth-order valence-corrected chi connectivity index (χ4v) is 1.28. The average molecular weight is 200 g/mol. The zero-order chi connectivity index (χ0) is 11.0. The van der Waals surface area contributed by atoms with Gasteiger partial charge in [-0.15, -0.1) is 0 Å². The Kier molecular flexibility index (Phi) is 6.21. The van der Waals surface area contributed by atoms with E-state index in [1.165, 1.54) is 0 Å². The molecule has 1 unspecified atom stereocenters. The molecule has 0 aliphatic rings. The van der Waals surface area contributed by atoms with Crippen LogP contribution in [-0.4, -0.2) is 23.3 Å². The molecule has 14 heavy (non-hydrogen) atoms. The molecule has 0 radical (unpaired) electrons. The molecule has 0 saturated heterocycles. The van der Waals surface area contributed by atoms with Gasteiger partial charge in [0, 0.05) is 6.08 Å². The van der Waals surface area contributed by atoms with Gasteiger partial charge in [0.05, 0.1) is 6.61 Å². The Morgan fingerprint density at radius 2 is 2.21 bits per heavy atom. The van der Waals surface area contributed by atoms with Crippen LogP contribution in [0.5, 0.6) is 0 Å². The van der Waals surface area contributed by atoms with E-state index in [9.17, 15) is 9.90 Å². The van der Waals surface area contributed by atoms with E-state index in [2.05, 4.69) is 13.5 Å². The summed E-state index contributed by atoms with van der Waals surface area (Å²) in [6, 6.07) is 0. The van der Waals surface area contributed by atoms with Crippen molar-refractivity contribution in [3.63, 3.8) is 0 Å². The van der Waals surface area contributed by atoms with Gasteiger partial charge in [-0.3, -0.25) is 0 Å². The molecule has 0 aromatic rings. The van der Waals surface area contributed by atoms with Crippen LogP contribution < -0.4 is 0 Å². The topological polar surface area (TPSA) is 46.5 Å². The highest BCUT2D eigenvalue weighted by Crippen LogP contribution is 2.23. The fraction of sp³-hybridized carbons (Fsp3) is 0.727. The molecule has 0 aromatic carbocycles. The Morgan fingerprint density at radius 1 is 1.57 bits per heavy atom. The molecule has 1 N–H and O–H groups in total. The van der Waals surface area contributed by atoms with Crippen LogP contribution in [-0.2, 0) is 9.53 Å². The number of hydrogen-bond donors (Lipinski definition) is 1. The lowest BCUT2D eigenvalue weighted by Gasteiger charge is -2.30. The number of ether oxygens (including phenoxy) is 1. The Morgan fingerprint density at radius 3 is 2.57 bits per heavy atom. The number of unbranched alkanes of at least 4 members (excludes halogenated alkanes) is 1. The number of aliphatic hydroxyl groups excluding tert-OH is 1. The lowest BCUT2D eigenvalue weighted by molar-refractivity contribution is -0.159. The number of carbonyl (C=O) groups excluding carboxylic acids is 1. The molecule has 0 saturated carbocycles. The largest absolute Gasteiger partial charge is 0.453 e. The van der Waals surface area contributed by atoms with Gasteiger partial charge in [0.15, 0.2) is 0 Å². The van der Waals surface area contributed by atoms with Gasteiger partial charge in [0.2, 0.25) is 0 Å². The van der Waals surface area contributed by atoms with E-state index in [4.69, 9.17) is 4.74 Å². The molecule has 0 heterocycles. The molecule has 0 rings (SSSR count). The Labute approximate surface area is 85.8 Å². The summed E-state index contributed by atoms with van der Waals surface area (Å²) in [7, 11) is 0. The standard InChI is InChI=1S/C11H20O3/c1-4-7-8-11(6-3,9-12)14-10(13)5-2/h5,12H,2,4,6-9H2,1,3H3. The van der Waals surface area contributed by atoms with E-state index < -0.39 is 11.6 Å². The predicted molar refractivity (Wildman–Crippen MR) is 55.9 cm³/mol. The Bertz CT molecular complexity index is 183. The monoisotopic (exact) mass is 200 g/mol.